The lowest BCUT2D eigenvalue weighted by Gasteiger charge is -2.11. The fourth-order valence-electron chi connectivity index (χ4n) is 1.89. The van der Waals surface area contributed by atoms with Crippen LogP contribution in [0.5, 0.6) is 0 Å². The average molecular weight is 280 g/mol. The van der Waals surface area contributed by atoms with E-state index < -0.39 is 12.0 Å². The highest BCUT2D eigenvalue weighted by Gasteiger charge is 2.15. The van der Waals surface area contributed by atoms with Crippen LogP contribution in [0.2, 0.25) is 0 Å². The molecule has 2 N–H and O–H groups in total. The molecule has 0 saturated carbocycles. The maximum atomic E-state index is 11.8. The van der Waals surface area contributed by atoms with Gasteiger partial charge in [-0.1, -0.05) is 42.5 Å². The third-order valence-corrected chi connectivity index (χ3v) is 3.07. The topological polar surface area (TPSA) is 76.1 Å². The second-order valence-corrected chi connectivity index (χ2v) is 4.71. The Balaban J connectivity index is 1.86. The molecule has 0 aliphatic rings. The van der Waals surface area contributed by atoms with Crippen molar-refractivity contribution in [3.63, 3.8) is 0 Å². The van der Waals surface area contributed by atoms with Crippen LogP contribution in [0.3, 0.4) is 0 Å². The van der Waals surface area contributed by atoms with E-state index in [0.29, 0.717) is 12.0 Å². The van der Waals surface area contributed by atoms with E-state index in [0.717, 1.165) is 11.1 Å². The van der Waals surface area contributed by atoms with Gasteiger partial charge < -0.3 is 10.5 Å². The zero-order chi connectivity index (χ0) is 15.1. The number of nitriles is 1. The number of nitrogens with zero attached hydrogens (tertiary/aromatic N) is 1. The molecule has 0 bridgehead atoms. The van der Waals surface area contributed by atoms with Crippen molar-refractivity contribution in [1.82, 2.24) is 0 Å². The van der Waals surface area contributed by atoms with Gasteiger partial charge in [0, 0.05) is 0 Å². The maximum absolute atomic E-state index is 11.8. The van der Waals surface area contributed by atoms with E-state index in [4.69, 9.17) is 15.7 Å². The molecular weight excluding hydrogens is 264 g/mol. The van der Waals surface area contributed by atoms with Gasteiger partial charge in [-0.25, -0.2) is 0 Å². The number of carbonyl (C=O) groups excluding carboxylic acids is 1. The summed E-state index contributed by atoms with van der Waals surface area (Å²) in [5.41, 5.74) is 8.26. The molecular formula is C17H16N2O2. The van der Waals surface area contributed by atoms with E-state index in [1.165, 1.54) is 0 Å². The lowest BCUT2D eigenvalue weighted by Crippen LogP contribution is -2.34. The van der Waals surface area contributed by atoms with Gasteiger partial charge in [-0.05, 0) is 29.7 Å². The highest BCUT2D eigenvalue weighted by molar-refractivity contribution is 5.75. The van der Waals surface area contributed by atoms with Gasteiger partial charge in [-0.3, -0.25) is 4.79 Å². The SMILES string of the molecule is N#Cc1ccc(CC(N)C(=O)OCc2ccccc2)cc1. The number of benzene rings is 2. The Kier molecular flexibility index (Phi) is 5.08. The zero-order valence-electron chi connectivity index (χ0n) is 11.5. The van der Waals surface area contributed by atoms with Gasteiger partial charge in [-0.15, -0.1) is 0 Å². The first kappa shape index (κ1) is 14.8. The number of esters is 1. The molecule has 2 aromatic rings. The van der Waals surface area contributed by atoms with Crippen LogP contribution in [0.4, 0.5) is 0 Å². The van der Waals surface area contributed by atoms with Crippen molar-refractivity contribution in [2.45, 2.75) is 19.1 Å². The largest absolute Gasteiger partial charge is 0.460 e. The van der Waals surface area contributed by atoms with Crippen molar-refractivity contribution in [2.75, 3.05) is 0 Å². The molecule has 4 heteroatoms. The first-order chi connectivity index (χ1) is 10.2. The lowest BCUT2D eigenvalue weighted by molar-refractivity contribution is -0.146. The molecule has 21 heavy (non-hydrogen) atoms. The fourth-order valence-corrected chi connectivity index (χ4v) is 1.89. The molecule has 2 rings (SSSR count). The summed E-state index contributed by atoms with van der Waals surface area (Å²) >= 11 is 0. The van der Waals surface area contributed by atoms with Crippen molar-refractivity contribution in [2.24, 2.45) is 5.73 Å². The Bertz CT molecular complexity index is 630. The quantitative estimate of drug-likeness (QED) is 0.852. The Labute approximate surface area is 123 Å². The van der Waals surface area contributed by atoms with Crippen LogP contribution in [-0.4, -0.2) is 12.0 Å². The summed E-state index contributed by atoms with van der Waals surface area (Å²) < 4.78 is 5.19. The summed E-state index contributed by atoms with van der Waals surface area (Å²) in [6.45, 7) is 0.223. The van der Waals surface area contributed by atoms with Crippen LogP contribution in [0.1, 0.15) is 16.7 Å². The van der Waals surface area contributed by atoms with Crippen LogP contribution in [0, 0.1) is 11.3 Å². The molecule has 0 aliphatic heterocycles. The third-order valence-electron chi connectivity index (χ3n) is 3.07. The van der Waals surface area contributed by atoms with Crippen LogP contribution in [-0.2, 0) is 22.6 Å². The third kappa shape index (κ3) is 4.44. The van der Waals surface area contributed by atoms with E-state index in [-0.39, 0.29) is 6.61 Å². The van der Waals surface area contributed by atoms with Crippen LogP contribution >= 0.6 is 0 Å². The second kappa shape index (κ2) is 7.22. The molecule has 0 spiro atoms. The number of hydrogen-bond acceptors (Lipinski definition) is 4. The number of rotatable bonds is 5. The molecule has 1 atom stereocenters. The summed E-state index contributed by atoms with van der Waals surface area (Å²) in [6, 6.07) is 17.8. The fraction of sp³-hybridized carbons (Fsp3) is 0.176. The molecule has 0 saturated heterocycles. The van der Waals surface area contributed by atoms with Crippen LogP contribution < -0.4 is 5.73 Å². The molecule has 0 radical (unpaired) electrons. The summed E-state index contributed by atoms with van der Waals surface area (Å²) in [5, 5.41) is 8.73. The van der Waals surface area contributed by atoms with Crippen molar-refractivity contribution in [3.8, 4) is 6.07 Å². The first-order valence-electron chi connectivity index (χ1n) is 6.64. The van der Waals surface area contributed by atoms with Gasteiger partial charge in [0.25, 0.3) is 0 Å². The smallest absolute Gasteiger partial charge is 0.323 e. The average Bonchev–Trinajstić information content (AvgIpc) is 2.54. The molecule has 0 aliphatic carbocycles. The monoisotopic (exact) mass is 280 g/mol. The van der Waals surface area contributed by atoms with Gasteiger partial charge in [0.05, 0.1) is 11.6 Å². The van der Waals surface area contributed by atoms with Crippen molar-refractivity contribution >= 4 is 5.97 Å². The number of nitrogens with two attached hydrogens (primary N) is 1. The van der Waals surface area contributed by atoms with Gasteiger partial charge >= 0.3 is 5.97 Å². The highest BCUT2D eigenvalue weighted by atomic mass is 16.5. The summed E-state index contributed by atoms with van der Waals surface area (Å²) in [6.07, 6.45) is 0.388. The Morgan fingerprint density at radius 1 is 1.10 bits per heavy atom. The summed E-state index contributed by atoms with van der Waals surface area (Å²) in [4.78, 5) is 11.8. The van der Waals surface area contributed by atoms with E-state index in [9.17, 15) is 4.79 Å². The summed E-state index contributed by atoms with van der Waals surface area (Å²) in [7, 11) is 0. The van der Waals surface area contributed by atoms with E-state index in [1.807, 2.05) is 36.4 Å². The van der Waals surface area contributed by atoms with E-state index >= 15 is 0 Å². The van der Waals surface area contributed by atoms with Crippen LogP contribution in [0.15, 0.2) is 54.6 Å². The molecule has 0 amide bonds. The second-order valence-electron chi connectivity index (χ2n) is 4.71. The minimum atomic E-state index is -0.707. The molecule has 0 fully saturated rings. The number of ether oxygens (including phenoxy) is 1. The first-order valence-corrected chi connectivity index (χ1v) is 6.64. The molecule has 0 aromatic heterocycles. The highest BCUT2D eigenvalue weighted by Crippen LogP contribution is 2.07. The number of hydrogen-bond donors (Lipinski definition) is 1. The molecule has 2 aromatic carbocycles. The van der Waals surface area contributed by atoms with Crippen molar-refractivity contribution in [3.05, 3.63) is 71.3 Å². The maximum Gasteiger partial charge on any atom is 0.323 e. The summed E-state index contributed by atoms with van der Waals surface area (Å²) in [5.74, 6) is -0.428. The van der Waals surface area contributed by atoms with Crippen molar-refractivity contribution < 1.29 is 9.53 Å². The van der Waals surface area contributed by atoms with Gasteiger partial charge in [-0.2, -0.15) is 5.26 Å². The van der Waals surface area contributed by atoms with Gasteiger partial charge in [0.1, 0.15) is 12.6 Å². The molecule has 106 valence electrons. The van der Waals surface area contributed by atoms with E-state index in [1.54, 1.807) is 24.3 Å². The van der Waals surface area contributed by atoms with Crippen LogP contribution in [0.25, 0.3) is 0 Å². The number of carbonyl (C=O) groups is 1. The predicted molar refractivity (Wildman–Crippen MR) is 79.1 cm³/mol. The molecule has 0 heterocycles. The van der Waals surface area contributed by atoms with Crippen molar-refractivity contribution in [1.29, 1.82) is 5.26 Å². The van der Waals surface area contributed by atoms with E-state index in [2.05, 4.69) is 0 Å². The zero-order valence-corrected chi connectivity index (χ0v) is 11.5. The standard InChI is InChI=1S/C17H16N2O2/c18-11-14-8-6-13(7-9-14)10-16(19)17(20)21-12-15-4-2-1-3-5-15/h1-9,16H,10,12,19H2. The minimum Gasteiger partial charge on any atom is -0.460 e. The minimum absolute atomic E-state index is 0.223. The normalized spacial score (nSPS) is 11.4. The van der Waals surface area contributed by atoms with Gasteiger partial charge in [0.2, 0.25) is 0 Å². The molecule has 4 nitrogen and oxygen atoms in total. The predicted octanol–water partition coefficient (Wildman–Crippen LogP) is 2.17. The Hall–Kier alpha value is -2.64. The van der Waals surface area contributed by atoms with Gasteiger partial charge in [0.15, 0.2) is 0 Å². The molecule has 1 unspecified atom stereocenters. The Morgan fingerprint density at radius 2 is 1.76 bits per heavy atom. The lowest BCUT2D eigenvalue weighted by atomic mass is 10.1. The Morgan fingerprint density at radius 3 is 2.38 bits per heavy atom.